The average molecular weight is 663 g/mol. The second-order valence-electron chi connectivity index (χ2n) is 16.9. The molecule has 50 heavy (non-hydrogen) atoms. The van der Waals surface area contributed by atoms with Gasteiger partial charge in [-0.25, -0.2) is 0 Å². The molecule has 2 aliphatic carbocycles. The Kier molecular flexibility index (Phi) is 7.36. The first-order valence-corrected chi connectivity index (χ1v) is 18.3. The van der Waals surface area contributed by atoms with Gasteiger partial charge in [0.25, 0.3) is 0 Å². The minimum absolute atomic E-state index is 0.0893. The van der Waals surface area contributed by atoms with Crippen LogP contribution in [-0.4, -0.2) is 14.2 Å². The fourth-order valence-electron chi connectivity index (χ4n) is 10.5. The van der Waals surface area contributed by atoms with E-state index in [1.165, 1.54) is 46.0 Å². The molecular formula is C47H50O3. The van der Waals surface area contributed by atoms with Crippen LogP contribution in [0.4, 0.5) is 0 Å². The Morgan fingerprint density at radius 2 is 1.12 bits per heavy atom. The molecule has 0 unspecified atom stereocenters. The van der Waals surface area contributed by atoms with E-state index in [4.69, 9.17) is 14.2 Å². The normalized spacial score (nSPS) is 18.2. The van der Waals surface area contributed by atoms with Gasteiger partial charge < -0.3 is 14.2 Å². The van der Waals surface area contributed by atoms with Crippen molar-refractivity contribution in [2.24, 2.45) is 16.2 Å². The predicted octanol–water partition coefficient (Wildman–Crippen LogP) is 12.1. The number of fused-ring (bicyclic) bond motifs is 10. The Bertz CT molecular complexity index is 2050. The molecule has 0 N–H and O–H groups in total. The molecule has 256 valence electrons. The molecule has 5 aromatic rings. The zero-order valence-electron chi connectivity index (χ0n) is 30.9. The number of benzene rings is 5. The summed E-state index contributed by atoms with van der Waals surface area (Å²) < 4.78 is 18.7. The zero-order chi connectivity index (χ0) is 35.1. The minimum Gasteiger partial charge on any atom is -0.497 e. The smallest absolute Gasteiger partial charge is 0.178 e. The highest BCUT2D eigenvalue weighted by atomic mass is 16.5. The molecule has 0 amide bonds. The molecule has 3 nitrogen and oxygen atoms in total. The van der Waals surface area contributed by atoms with E-state index in [0.717, 1.165) is 46.6 Å². The first-order chi connectivity index (χ1) is 23.9. The van der Waals surface area contributed by atoms with Crippen LogP contribution in [0.15, 0.2) is 103 Å². The summed E-state index contributed by atoms with van der Waals surface area (Å²) in [6, 6.07) is 34.8. The number of rotatable bonds is 4. The molecule has 0 saturated heterocycles. The molecule has 3 aliphatic rings. The second kappa shape index (κ2) is 11.3. The third-order valence-electron chi connectivity index (χ3n) is 13.0. The van der Waals surface area contributed by atoms with Gasteiger partial charge in [-0.3, -0.25) is 0 Å². The van der Waals surface area contributed by atoms with E-state index >= 15 is 0 Å². The first kappa shape index (κ1) is 32.7. The van der Waals surface area contributed by atoms with Gasteiger partial charge in [0, 0.05) is 27.5 Å². The van der Waals surface area contributed by atoms with E-state index in [1.54, 1.807) is 14.2 Å². The lowest BCUT2D eigenvalue weighted by Gasteiger charge is -2.59. The molecule has 0 bridgehead atoms. The number of hydrogen-bond acceptors (Lipinski definition) is 3. The molecule has 5 aromatic carbocycles. The molecule has 1 heterocycles. The minimum atomic E-state index is -0.846. The second-order valence-corrected chi connectivity index (χ2v) is 16.9. The van der Waals surface area contributed by atoms with Gasteiger partial charge in [-0.2, -0.15) is 0 Å². The summed E-state index contributed by atoms with van der Waals surface area (Å²) in [6.07, 6.45) is 9.28. The summed E-state index contributed by atoms with van der Waals surface area (Å²) in [6.45, 7) is 14.8. The van der Waals surface area contributed by atoms with Crippen molar-refractivity contribution in [3.63, 3.8) is 0 Å². The van der Waals surface area contributed by atoms with E-state index < -0.39 is 5.60 Å². The van der Waals surface area contributed by atoms with Crippen molar-refractivity contribution >= 4 is 16.8 Å². The maximum Gasteiger partial charge on any atom is 0.178 e. The van der Waals surface area contributed by atoms with Gasteiger partial charge in [0.05, 0.1) is 14.2 Å². The fourth-order valence-corrected chi connectivity index (χ4v) is 10.5. The van der Waals surface area contributed by atoms with Crippen molar-refractivity contribution in [3.05, 3.63) is 131 Å². The topological polar surface area (TPSA) is 27.7 Å². The van der Waals surface area contributed by atoms with E-state index in [2.05, 4.69) is 126 Å². The van der Waals surface area contributed by atoms with Crippen molar-refractivity contribution in [2.45, 2.75) is 78.2 Å². The Balaban J connectivity index is 1.38. The third-order valence-corrected chi connectivity index (χ3v) is 13.0. The molecule has 1 spiro atoms. The Morgan fingerprint density at radius 3 is 1.66 bits per heavy atom. The number of ether oxygens (including phenoxy) is 3. The van der Waals surface area contributed by atoms with Crippen LogP contribution < -0.4 is 14.2 Å². The molecule has 8 rings (SSSR count). The van der Waals surface area contributed by atoms with Crippen LogP contribution >= 0.6 is 0 Å². The summed E-state index contributed by atoms with van der Waals surface area (Å²) in [5.74, 6) is 2.60. The van der Waals surface area contributed by atoms with Crippen molar-refractivity contribution < 1.29 is 14.2 Å². The summed E-state index contributed by atoms with van der Waals surface area (Å²) in [7, 11) is 3.42. The average Bonchev–Trinajstić information content (AvgIpc) is 3.40. The maximum absolute atomic E-state index is 7.59. The van der Waals surface area contributed by atoms with Crippen LogP contribution in [0.25, 0.3) is 28.0 Å². The number of hydrogen-bond donors (Lipinski definition) is 0. The Hall–Kier alpha value is -4.50. The van der Waals surface area contributed by atoms with Crippen molar-refractivity contribution in [1.82, 2.24) is 0 Å². The van der Waals surface area contributed by atoms with Gasteiger partial charge in [0.1, 0.15) is 17.2 Å². The molecule has 0 radical (unpaired) electrons. The lowest BCUT2D eigenvalue weighted by Crippen LogP contribution is -2.51. The molecule has 0 aromatic heterocycles. The van der Waals surface area contributed by atoms with Crippen LogP contribution in [0, 0.1) is 16.2 Å². The van der Waals surface area contributed by atoms with Crippen LogP contribution in [0.1, 0.15) is 95.0 Å². The monoisotopic (exact) mass is 662 g/mol. The van der Waals surface area contributed by atoms with Gasteiger partial charge in [-0.05, 0) is 99.9 Å². The van der Waals surface area contributed by atoms with Gasteiger partial charge in [0.2, 0.25) is 0 Å². The number of methoxy groups -OCH3 is 2. The van der Waals surface area contributed by atoms with E-state index in [1.807, 2.05) is 24.3 Å². The van der Waals surface area contributed by atoms with Gasteiger partial charge >= 0.3 is 0 Å². The summed E-state index contributed by atoms with van der Waals surface area (Å²) in [5.41, 5.74) is 8.71. The molecular weight excluding hydrogens is 613 g/mol. The third kappa shape index (κ3) is 4.48. The fraction of sp³-hybridized carbons (Fsp3) is 0.362. The lowest BCUT2D eigenvalue weighted by molar-refractivity contribution is -0.0748. The highest BCUT2D eigenvalue weighted by Crippen LogP contribution is 2.68. The van der Waals surface area contributed by atoms with Gasteiger partial charge in [-0.15, -0.1) is 0 Å². The molecule has 1 saturated carbocycles. The molecule has 0 atom stereocenters. The highest BCUT2D eigenvalue weighted by molar-refractivity contribution is 6.08. The Labute approximate surface area is 298 Å². The van der Waals surface area contributed by atoms with Crippen molar-refractivity contribution in [3.8, 4) is 28.4 Å². The maximum atomic E-state index is 7.59. The first-order valence-electron chi connectivity index (χ1n) is 18.3. The highest BCUT2D eigenvalue weighted by Gasteiger charge is 2.58. The Morgan fingerprint density at radius 1 is 0.600 bits per heavy atom. The van der Waals surface area contributed by atoms with E-state index in [0.29, 0.717) is 0 Å². The summed E-state index contributed by atoms with van der Waals surface area (Å²) in [5, 5.41) is 2.42. The van der Waals surface area contributed by atoms with Gasteiger partial charge in [0.15, 0.2) is 5.60 Å². The molecule has 3 heteroatoms. The lowest BCUT2D eigenvalue weighted by atomic mass is 9.45. The van der Waals surface area contributed by atoms with Gasteiger partial charge in [-0.1, -0.05) is 120 Å². The predicted molar refractivity (Wildman–Crippen MR) is 206 cm³/mol. The largest absolute Gasteiger partial charge is 0.497 e. The molecule has 1 fully saturated rings. The van der Waals surface area contributed by atoms with Crippen LogP contribution in [-0.2, 0) is 11.0 Å². The van der Waals surface area contributed by atoms with Crippen LogP contribution in [0.3, 0.4) is 0 Å². The zero-order valence-corrected chi connectivity index (χ0v) is 30.9. The van der Waals surface area contributed by atoms with Crippen molar-refractivity contribution in [1.29, 1.82) is 0 Å². The van der Waals surface area contributed by atoms with Crippen LogP contribution in [0.5, 0.6) is 17.2 Å². The SMILES string of the molecule is COc1ccc(C2(c3ccc(OC)cc3)C=Cc3c4c(c5ccccc5c3O2)-c2ccccc2C42CCC(C(C)(C)C)(C(C)(C)C)CC2)cc1. The molecule has 1 aliphatic heterocycles. The van der Waals surface area contributed by atoms with Crippen molar-refractivity contribution in [2.75, 3.05) is 14.2 Å². The summed E-state index contributed by atoms with van der Waals surface area (Å²) >= 11 is 0. The standard InChI is InChI=1S/C47H50O3/c1-43(2,3)46(44(4,5)6)29-27-45(28-30-46)39-16-12-11-15-37(39)40-35-13-9-10-14-36(35)42-38(41(40)45)25-26-47(50-42,31-17-21-33(48-7)22-18-31)32-19-23-34(49-8)24-20-32/h9-26H,27-30H2,1-8H3. The van der Waals surface area contributed by atoms with E-state index in [-0.39, 0.29) is 21.7 Å². The van der Waals surface area contributed by atoms with E-state index in [9.17, 15) is 0 Å². The quantitative estimate of drug-likeness (QED) is 0.192. The van der Waals surface area contributed by atoms with Crippen LogP contribution in [0.2, 0.25) is 0 Å². The summed E-state index contributed by atoms with van der Waals surface area (Å²) in [4.78, 5) is 0.